The topological polar surface area (TPSA) is 62.2 Å². The van der Waals surface area contributed by atoms with Crippen LogP contribution in [0.2, 0.25) is 0 Å². The number of nitrogens with one attached hydrogen (secondary N) is 1. The number of hydrogen-bond donors (Lipinski definition) is 2. The summed E-state index contributed by atoms with van der Waals surface area (Å²) in [4.78, 5) is 17.0. The van der Waals surface area contributed by atoms with Crippen LogP contribution in [0.15, 0.2) is 53.0 Å². The third kappa shape index (κ3) is 4.36. The molecule has 1 heterocycles. The molecule has 144 valence electrons. The summed E-state index contributed by atoms with van der Waals surface area (Å²) in [5.74, 6) is -1.81. The first-order chi connectivity index (χ1) is 13.2. The van der Waals surface area contributed by atoms with E-state index in [1.165, 1.54) is 12.1 Å². The summed E-state index contributed by atoms with van der Waals surface area (Å²) in [5.41, 5.74) is 1.68. The van der Waals surface area contributed by atoms with Gasteiger partial charge in [0.15, 0.2) is 0 Å². The standard InChI is InChI=1S/C21H17BrF2N2O2/c1-11-3-4-13(8-17(11)24)20(16-10-15(23)5-6-19(16)27)26-21(28)18-9-14(22)7-12(2)25-18/h3-10,20,27H,1-2H3,(H,26,28)/t20-/m0/s1. The number of benzene rings is 2. The molecule has 0 unspecified atom stereocenters. The fourth-order valence-corrected chi connectivity index (χ4v) is 3.38. The molecule has 4 nitrogen and oxygen atoms in total. The van der Waals surface area contributed by atoms with E-state index in [1.807, 2.05) is 0 Å². The summed E-state index contributed by atoms with van der Waals surface area (Å²) < 4.78 is 28.6. The lowest BCUT2D eigenvalue weighted by Crippen LogP contribution is -2.30. The number of hydrogen-bond acceptors (Lipinski definition) is 3. The number of carbonyl (C=O) groups is 1. The largest absolute Gasteiger partial charge is 0.508 e. The van der Waals surface area contributed by atoms with E-state index in [-0.39, 0.29) is 17.0 Å². The Hall–Kier alpha value is -2.80. The highest BCUT2D eigenvalue weighted by atomic mass is 79.9. The zero-order valence-electron chi connectivity index (χ0n) is 15.1. The van der Waals surface area contributed by atoms with Gasteiger partial charge in [0, 0.05) is 15.7 Å². The number of pyridine rings is 1. The van der Waals surface area contributed by atoms with Crippen LogP contribution in [0.5, 0.6) is 5.75 Å². The van der Waals surface area contributed by atoms with Crippen molar-refractivity contribution in [2.45, 2.75) is 19.9 Å². The van der Waals surface area contributed by atoms with Gasteiger partial charge in [-0.15, -0.1) is 0 Å². The summed E-state index contributed by atoms with van der Waals surface area (Å²) in [6.07, 6.45) is 0. The van der Waals surface area contributed by atoms with Gasteiger partial charge in [-0.25, -0.2) is 13.8 Å². The third-order valence-corrected chi connectivity index (χ3v) is 4.71. The number of halogens is 3. The van der Waals surface area contributed by atoms with E-state index in [1.54, 1.807) is 38.1 Å². The zero-order chi connectivity index (χ0) is 20.4. The number of phenols is 1. The van der Waals surface area contributed by atoms with E-state index in [2.05, 4.69) is 26.2 Å². The number of nitrogens with zero attached hydrogens (tertiary/aromatic N) is 1. The van der Waals surface area contributed by atoms with E-state index in [0.29, 0.717) is 21.3 Å². The third-order valence-electron chi connectivity index (χ3n) is 4.26. The van der Waals surface area contributed by atoms with Crippen molar-refractivity contribution in [3.8, 4) is 5.75 Å². The lowest BCUT2D eigenvalue weighted by Gasteiger charge is -2.21. The van der Waals surface area contributed by atoms with Crippen molar-refractivity contribution in [1.29, 1.82) is 0 Å². The number of carbonyl (C=O) groups excluding carboxylic acids is 1. The Morgan fingerprint density at radius 3 is 2.54 bits per heavy atom. The van der Waals surface area contributed by atoms with Crippen LogP contribution >= 0.6 is 15.9 Å². The van der Waals surface area contributed by atoms with Gasteiger partial charge in [-0.2, -0.15) is 0 Å². The maximum absolute atomic E-state index is 14.1. The van der Waals surface area contributed by atoms with Crippen LogP contribution in [0.1, 0.15) is 38.9 Å². The Morgan fingerprint density at radius 1 is 1.11 bits per heavy atom. The van der Waals surface area contributed by atoms with Gasteiger partial charge in [-0.05, 0) is 61.4 Å². The first-order valence-corrected chi connectivity index (χ1v) is 9.23. The average molecular weight is 447 g/mol. The van der Waals surface area contributed by atoms with Crippen molar-refractivity contribution in [3.05, 3.63) is 92.7 Å². The van der Waals surface area contributed by atoms with Crippen LogP contribution in [0, 0.1) is 25.5 Å². The second-order valence-electron chi connectivity index (χ2n) is 6.43. The van der Waals surface area contributed by atoms with Gasteiger partial charge in [0.05, 0.1) is 6.04 Å². The second kappa shape index (κ2) is 8.06. The van der Waals surface area contributed by atoms with Crippen molar-refractivity contribution in [2.24, 2.45) is 0 Å². The minimum absolute atomic E-state index is 0.114. The molecule has 7 heteroatoms. The van der Waals surface area contributed by atoms with Crippen molar-refractivity contribution >= 4 is 21.8 Å². The van der Waals surface area contributed by atoms with Crippen LogP contribution in [0.25, 0.3) is 0 Å². The highest BCUT2D eigenvalue weighted by molar-refractivity contribution is 9.10. The molecule has 0 fully saturated rings. The molecule has 2 N–H and O–H groups in total. The van der Waals surface area contributed by atoms with E-state index < -0.39 is 23.6 Å². The number of aryl methyl sites for hydroxylation is 2. The van der Waals surface area contributed by atoms with Crippen LogP contribution in [-0.4, -0.2) is 16.0 Å². The number of amides is 1. The summed E-state index contributed by atoms with van der Waals surface area (Å²) in [7, 11) is 0. The summed E-state index contributed by atoms with van der Waals surface area (Å²) in [6, 6.07) is 10.2. The van der Waals surface area contributed by atoms with Crippen molar-refractivity contribution in [3.63, 3.8) is 0 Å². The Labute approximate surface area is 169 Å². The maximum atomic E-state index is 14.1. The van der Waals surface area contributed by atoms with Crippen LogP contribution in [0.4, 0.5) is 8.78 Å². The first kappa shape index (κ1) is 19.9. The molecule has 0 bridgehead atoms. The monoisotopic (exact) mass is 446 g/mol. The van der Waals surface area contributed by atoms with E-state index in [4.69, 9.17) is 0 Å². The highest BCUT2D eigenvalue weighted by Crippen LogP contribution is 2.31. The predicted molar refractivity (Wildman–Crippen MR) is 105 cm³/mol. The fourth-order valence-electron chi connectivity index (χ4n) is 2.83. The van der Waals surface area contributed by atoms with Gasteiger partial charge in [0.2, 0.25) is 0 Å². The van der Waals surface area contributed by atoms with Gasteiger partial charge < -0.3 is 10.4 Å². The Morgan fingerprint density at radius 2 is 1.86 bits per heavy atom. The van der Waals surface area contributed by atoms with Crippen LogP contribution < -0.4 is 5.32 Å². The molecular formula is C21H17BrF2N2O2. The highest BCUT2D eigenvalue weighted by Gasteiger charge is 2.23. The quantitative estimate of drug-likeness (QED) is 0.594. The van der Waals surface area contributed by atoms with Gasteiger partial charge in [0.1, 0.15) is 23.1 Å². The van der Waals surface area contributed by atoms with Crippen molar-refractivity contribution < 1.29 is 18.7 Å². The van der Waals surface area contributed by atoms with Crippen LogP contribution in [0.3, 0.4) is 0 Å². The molecule has 0 radical (unpaired) electrons. The molecule has 0 saturated carbocycles. The summed E-state index contributed by atoms with van der Waals surface area (Å²) in [5, 5.41) is 12.9. The average Bonchev–Trinajstić information content (AvgIpc) is 2.63. The van der Waals surface area contributed by atoms with Gasteiger partial charge in [-0.1, -0.05) is 28.1 Å². The number of rotatable bonds is 4. The molecule has 0 saturated heterocycles. The first-order valence-electron chi connectivity index (χ1n) is 8.44. The van der Waals surface area contributed by atoms with Crippen molar-refractivity contribution in [2.75, 3.05) is 0 Å². The molecule has 1 aromatic heterocycles. The van der Waals surface area contributed by atoms with E-state index >= 15 is 0 Å². The summed E-state index contributed by atoms with van der Waals surface area (Å²) >= 11 is 3.32. The van der Waals surface area contributed by atoms with Gasteiger partial charge in [-0.3, -0.25) is 4.79 Å². The van der Waals surface area contributed by atoms with Crippen LogP contribution in [-0.2, 0) is 0 Å². The smallest absolute Gasteiger partial charge is 0.270 e. The lowest BCUT2D eigenvalue weighted by atomic mass is 9.96. The molecule has 3 rings (SSSR count). The Kier molecular flexibility index (Phi) is 5.74. The molecule has 0 spiro atoms. The minimum Gasteiger partial charge on any atom is -0.508 e. The molecule has 0 aliphatic carbocycles. The maximum Gasteiger partial charge on any atom is 0.270 e. The number of phenolic OH excluding ortho intramolecular Hbond substituents is 1. The summed E-state index contributed by atoms with van der Waals surface area (Å²) in [6.45, 7) is 3.35. The van der Waals surface area contributed by atoms with E-state index in [0.717, 1.165) is 12.1 Å². The SMILES string of the molecule is Cc1cc(Br)cc(C(=O)N[C@@H](c2ccc(C)c(F)c2)c2cc(F)ccc2O)n1. The second-order valence-corrected chi connectivity index (χ2v) is 7.35. The molecule has 1 atom stereocenters. The molecular weight excluding hydrogens is 430 g/mol. The number of aromatic hydroxyl groups is 1. The Bertz CT molecular complexity index is 1040. The lowest BCUT2D eigenvalue weighted by molar-refractivity contribution is 0.0937. The predicted octanol–water partition coefficient (Wildman–Crippen LogP) is 4.96. The van der Waals surface area contributed by atoms with Crippen molar-refractivity contribution in [1.82, 2.24) is 10.3 Å². The zero-order valence-corrected chi connectivity index (χ0v) is 16.7. The molecule has 3 aromatic rings. The minimum atomic E-state index is -0.973. The molecule has 0 aliphatic heterocycles. The fraction of sp³-hybridized carbons (Fsp3) is 0.143. The number of aromatic nitrogens is 1. The molecule has 0 aliphatic rings. The molecule has 28 heavy (non-hydrogen) atoms. The molecule has 2 aromatic carbocycles. The van der Waals surface area contributed by atoms with Gasteiger partial charge in [0.25, 0.3) is 5.91 Å². The normalized spacial score (nSPS) is 11.9. The van der Waals surface area contributed by atoms with Gasteiger partial charge >= 0.3 is 0 Å². The Balaban J connectivity index is 2.06. The molecule has 1 amide bonds. The van der Waals surface area contributed by atoms with E-state index in [9.17, 15) is 18.7 Å².